The van der Waals surface area contributed by atoms with Gasteiger partial charge in [0.25, 0.3) is 0 Å². The predicted octanol–water partition coefficient (Wildman–Crippen LogP) is 2.64. The van der Waals surface area contributed by atoms with Crippen LogP contribution in [0.5, 0.6) is 0 Å². The first kappa shape index (κ1) is 21.8. The average Bonchev–Trinajstić information content (AvgIpc) is 3.40. The third kappa shape index (κ3) is 6.06. The lowest BCUT2D eigenvalue weighted by Crippen LogP contribution is -2.19. The van der Waals surface area contributed by atoms with Gasteiger partial charge in [-0.05, 0) is 31.5 Å². The number of ether oxygens (including phenoxy) is 1. The van der Waals surface area contributed by atoms with Gasteiger partial charge in [0.15, 0.2) is 6.29 Å². The molecule has 1 aliphatic carbocycles. The summed E-state index contributed by atoms with van der Waals surface area (Å²) in [5, 5.41) is 14.1. The van der Waals surface area contributed by atoms with E-state index in [2.05, 4.69) is 20.5 Å². The maximum atomic E-state index is 11.6. The Morgan fingerprint density at radius 3 is 2.87 bits per heavy atom. The summed E-state index contributed by atoms with van der Waals surface area (Å²) in [4.78, 5) is 15.9. The van der Waals surface area contributed by atoms with Crippen molar-refractivity contribution in [3.63, 3.8) is 0 Å². The highest BCUT2D eigenvalue weighted by molar-refractivity contribution is 6.30. The molecule has 2 aromatic heterocycles. The molecule has 0 amide bonds. The van der Waals surface area contributed by atoms with E-state index in [1.54, 1.807) is 36.1 Å². The zero-order chi connectivity index (χ0) is 21.7. The van der Waals surface area contributed by atoms with Gasteiger partial charge in [-0.1, -0.05) is 11.6 Å². The normalized spacial score (nSPS) is 18.8. The first-order valence-electron chi connectivity index (χ1n) is 9.76. The van der Waals surface area contributed by atoms with Crippen LogP contribution in [0.4, 0.5) is 0 Å². The number of pyridine rings is 1. The second-order valence-electron chi connectivity index (χ2n) is 7.57. The highest BCUT2D eigenvalue weighted by Crippen LogP contribution is 2.46. The number of aromatic nitrogens is 3. The van der Waals surface area contributed by atoms with Crippen molar-refractivity contribution >= 4 is 23.8 Å². The number of aldehydes is 1. The summed E-state index contributed by atoms with van der Waals surface area (Å²) >= 11 is 5.91. The highest BCUT2D eigenvalue weighted by atomic mass is 35.5. The Labute approximate surface area is 181 Å². The van der Waals surface area contributed by atoms with Crippen molar-refractivity contribution in [2.75, 3.05) is 20.7 Å². The number of carbonyl (C=O) groups is 1. The van der Waals surface area contributed by atoms with Crippen molar-refractivity contribution in [1.29, 1.82) is 0 Å². The number of allylic oxidation sites excluding steroid dienone is 1. The number of rotatable bonds is 9. The molecule has 0 radical (unpaired) electrons. The fourth-order valence-electron chi connectivity index (χ4n) is 3.17. The molecule has 2 aromatic rings. The van der Waals surface area contributed by atoms with Crippen LogP contribution in [0, 0.1) is 12.8 Å². The van der Waals surface area contributed by atoms with Crippen LogP contribution in [0.15, 0.2) is 41.3 Å². The van der Waals surface area contributed by atoms with E-state index in [0.717, 1.165) is 29.8 Å². The fourth-order valence-corrected chi connectivity index (χ4v) is 3.28. The third-order valence-electron chi connectivity index (χ3n) is 4.78. The van der Waals surface area contributed by atoms with Gasteiger partial charge in [-0.15, -0.1) is 5.10 Å². The van der Waals surface area contributed by atoms with Crippen LogP contribution >= 0.6 is 11.6 Å². The number of aryl methyl sites for hydroxylation is 2. The minimum Gasteiger partial charge on any atom is -0.476 e. The SMILES string of the molecule is Cc1cc(CN/C(C=O)=C/C(=N\N(C)C)OC[C@H]2C[C@@H]2c2ccc(Cl)cn2)n(C)n1. The molecule has 2 heterocycles. The van der Waals surface area contributed by atoms with Gasteiger partial charge in [-0.3, -0.25) is 19.5 Å². The Bertz CT molecular complexity index is 935. The molecule has 2 atom stereocenters. The third-order valence-corrected chi connectivity index (χ3v) is 5.00. The molecule has 3 rings (SSSR count). The second-order valence-corrected chi connectivity index (χ2v) is 8.01. The molecular weight excluding hydrogens is 404 g/mol. The maximum Gasteiger partial charge on any atom is 0.232 e. The van der Waals surface area contributed by atoms with Crippen molar-refractivity contribution in [1.82, 2.24) is 25.1 Å². The summed E-state index contributed by atoms with van der Waals surface area (Å²) in [5.74, 6) is 1.11. The Kier molecular flexibility index (Phi) is 7.10. The summed E-state index contributed by atoms with van der Waals surface area (Å²) in [6.45, 7) is 2.91. The maximum absolute atomic E-state index is 11.6. The topological polar surface area (TPSA) is 84.6 Å². The van der Waals surface area contributed by atoms with E-state index in [9.17, 15) is 4.79 Å². The van der Waals surface area contributed by atoms with Crippen LogP contribution in [-0.2, 0) is 23.1 Å². The number of hydrogen-bond acceptors (Lipinski definition) is 7. The monoisotopic (exact) mass is 430 g/mol. The van der Waals surface area contributed by atoms with E-state index in [0.29, 0.717) is 41.6 Å². The van der Waals surface area contributed by atoms with E-state index < -0.39 is 0 Å². The van der Waals surface area contributed by atoms with E-state index in [-0.39, 0.29) is 0 Å². The number of nitrogens with zero attached hydrogens (tertiary/aromatic N) is 5. The zero-order valence-corrected chi connectivity index (χ0v) is 18.4. The lowest BCUT2D eigenvalue weighted by molar-refractivity contribution is -0.105. The van der Waals surface area contributed by atoms with E-state index in [1.165, 1.54) is 0 Å². The number of hydrazone groups is 1. The molecular formula is C21H27ClN6O2. The summed E-state index contributed by atoms with van der Waals surface area (Å²) in [6, 6.07) is 5.78. The molecule has 9 heteroatoms. The summed E-state index contributed by atoms with van der Waals surface area (Å²) in [5.41, 5.74) is 3.32. The van der Waals surface area contributed by atoms with Crippen molar-refractivity contribution in [2.24, 2.45) is 18.1 Å². The second kappa shape index (κ2) is 9.75. The molecule has 1 saturated carbocycles. The Morgan fingerprint density at radius 1 is 1.47 bits per heavy atom. The molecule has 1 aliphatic rings. The van der Waals surface area contributed by atoms with Gasteiger partial charge in [0, 0.05) is 50.9 Å². The first-order chi connectivity index (χ1) is 14.4. The molecule has 0 bridgehead atoms. The number of hydrogen-bond donors (Lipinski definition) is 1. The van der Waals surface area contributed by atoms with Crippen molar-refractivity contribution in [2.45, 2.75) is 25.8 Å². The van der Waals surface area contributed by atoms with Gasteiger partial charge in [0.1, 0.15) is 0 Å². The minimum absolute atomic E-state index is 0.364. The molecule has 30 heavy (non-hydrogen) atoms. The Hall–Kier alpha value is -2.87. The molecule has 8 nitrogen and oxygen atoms in total. The van der Waals surface area contributed by atoms with Crippen molar-refractivity contribution < 1.29 is 9.53 Å². The highest BCUT2D eigenvalue weighted by Gasteiger charge is 2.40. The molecule has 0 saturated heterocycles. The van der Waals surface area contributed by atoms with Gasteiger partial charge in [0.2, 0.25) is 5.90 Å². The Balaban J connectivity index is 1.59. The van der Waals surface area contributed by atoms with Gasteiger partial charge in [0.05, 0.1) is 35.3 Å². The number of halogens is 1. The van der Waals surface area contributed by atoms with Crippen LogP contribution in [0.25, 0.3) is 0 Å². The summed E-state index contributed by atoms with van der Waals surface area (Å²) in [6.07, 6.45) is 5.05. The number of carbonyl (C=O) groups excluding carboxylic acids is 1. The fraction of sp³-hybridized carbons (Fsp3) is 0.429. The molecule has 160 valence electrons. The van der Waals surface area contributed by atoms with Gasteiger partial charge in [-0.2, -0.15) is 5.10 Å². The van der Waals surface area contributed by atoms with Crippen molar-refractivity contribution in [3.8, 4) is 0 Å². The molecule has 0 aliphatic heterocycles. The van der Waals surface area contributed by atoms with Gasteiger partial charge >= 0.3 is 0 Å². The zero-order valence-electron chi connectivity index (χ0n) is 17.7. The number of nitrogens with one attached hydrogen (secondary N) is 1. The van der Waals surface area contributed by atoms with E-state index in [1.807, 2.05) is 32.2 Å². The first-order valence-corrected chi connectivity index (χ1v) is 10.1. The minimum atomic E-state index is 0.364. The van der Waals surface area contributed by atoms with Crippen molar-refractivity contribution in [3.05, 3.63) is 58.3 Å². The van der Waals surface area contributed by atoms with Crippen LogP contribution < -0.4 is 5.32 Å². The van der Waals surface area contributed by atoms with Crippen LogP contribution in [0.1, 0.15) is 29.4 Å². The van der Waals surface area contributed by atoms with Crippen LogP contribution in [0.2, 0.25) is 5.02 Å². The van der Waals surface area contributed by atoms with Crippen LogP contribution in [-0.4, -0.2) is 52.7 Å². The smallest absolute Gasteiger partial charge is 0.232 e. The van der Waals surface area contributed by atoms with Crippen LogP contribution in [0.3, 0.4) is 0 Å². The van der Waals surface area contributed by atoms with E-state index >= 15 is 0 Å². The summed E-state index contributed by atoms with van der Waals surface area (Å²) in [7, 11) is 5.49. The average molecular weight is 431 g/mol. The quantitative estimate of drug-likeness (QED) is 0.216. The molecule has 0 unspecified atom stereocenters. The molecule has 0 aromatic carbocycles. The van der Waals surface area contributed by atoms with Gasteiger partial charge in [-0.25, -0.2) is 0 Å². The van der Waals surface area contributed by atoms with Gasteiger partial charge < -0.3 is 10.1 Å². The lowest BCUT2D eigenvalue weighted by atomic mass is 10.2. The standard InChI is InChI=1S/C21H27ClN6O2/c1-14-7-18(28(4)25-14)11-23-17(12-29)9-21(26-27(2)3)30-13-15-8-19(15)20-6-5-16(22)10-24-20/h5-7,9-10,12,15,19,23H,8,11,13H2,1-4H3/b17-9+,26-21+/t15-,19+/m1/s1. The lowest BCUT2D eigenvalue weighted by Gasteiger charge is -2.11. The Morgan fingerprint density at radius 2 is 2.27 bits per heavy atom. The predicted molar refractivity (Wildman–Crippen MR) is 116 cm³/mol. The molecule has 1 N–H and O–H groups in total. The largest absolute Gasteiger partial charge is 0.476 e. The molecule has 0 spiro atoms. The summed E-state index contributed by atoms with van der Waals surface area (Å²) < 4.78 is 7.71. The van der Waals surface area contributed by atoms with E-state index in [4.69, 9.17) is 16.3 Å². The molecule has 1 fully saturated rings.